The summed E-state index contributed by atoms with van der Waals surface area (Å²) in [4.78, 5) is 18.3. The molecule has 1 atom stereocenters. The van der Waals surface area contributed by atoms with Crippen LogP contribution in [-0.4, -0.2) is 51.2 Å². The Hall–Kier alpha value is -2.37. The van der Waals surface area contributed by atoms with Crippen LogP contribution in [0.4, 0.5) is 11.4 Å². The van der Waals surface area contributed by atoms with Crippen LogP contribution < -0.4 is 20.0 Å². The molecule has 1 amide bonds. The van der Waals surface area contributed by atoms with Crippen LogP contribution in [0.25, 0.3) is 0 Å². The highest BCUT2D eigenvalue weighted by Gasteiger charge is 2.34. The minimum absolute atomic E-state index is 0.110. The SMILES string of the molecule is CC[NH+]1CCN(c2ccc(NC(=O)C[NH+](Cc3ccc(C(C)C)cc3)C3CC3)cc2)CC1. The lowest BCUT2D eigenvalue weighted by atomic mass is 10.0. The van der Waals surface area contributed by atoms with Crippen LogP contribution in [0.3, 0.4) is 0 Å². The summed E-state index contributed by atoms with van der Waals surface area (Å²) in [6.45, 7) is 14.0. The molecule has 172 valence electrons. The number of nitrogens with zero attached hydrogens (tertiary/aromatic N) is 1. The molecule has 4 rings (SSSR count). The van der Waals surface area contributed by atoms with Gasteiger partial charge in [-0.25, -0.2) is 0 Å². The van der Waals surface area contributed by atoms with Gasteiger partial charge in [-0.2, -0.15) is 0 Å². The number of anilines is 2. The maximum Gasteiger partial charge on any atom is 0.279 e. The molecule has 0 spiro atoms. The molecule has 0 aromatic heterocycles. The largest absolute Gasteiger partial charge is 0.360 e. The molecule has 2 aliphatic rings. The summed E-state index contributed by atoms with van der Waals surface area (Å²) < 4.78 is 0. The van der Waals surface area contributed by atoms with Crippen molar-refractivity contribution in [1.29, 1.82) is 0 Å². The summed E-state index contributed by atoms with van der Waals surface area (Å²) in [5, 5.41) is 3.13. The number of carbonyl (C=O) groups excluding carboxylic acids is 1. The number of hydrogen-bond donors (Lipinski definition) is 3. The second-order valence-electron chi connectivity index (χ2n) is 9.87. The van der Waals surface area contributed by atoms with Crippen molar-refractivity contribution in [2.45, 2.75) is 52.1 Å². The maximum absolute atomic E-state index is 12.8. The molecule has 3 N–H and O–H groups in total. The monoisotopic (exact) mass is 436 g/mol. The van der Waals surface area contributed by atoms with Gasteiger partial charge in [0.2, 0.25) is 0 Å². The van der Waals surface area contributed by atoms with Crippen molar-refractivity contribution >= 4 is 17.3 Å². The van der Waals surface area contributed by atoms with Crippen LogP contribution in [-0.2, 0) is 11.3 Å². The Morgan fingerprint density at radius 2 is 1.72 bits per heavy atom. The van der Waals surface area contributed by atoms with Gasteiger partial charge in [0.05, 0.1) is 38.8 Å². The zero-order chi connectivity index (χ0) is 22.5. The third-order valence-corrected chi connectivity index (χ3v) is 7.11. The molecule has 2 fully saturated rings. The highest BCUT2D eigenvalue weighted by atomic mass is 16.2. The average Bonchev–Trinajstić information content (AvgIpc) is 3.65. The lowest BCUT2D eigenvalue weighted by Crippen LogP contribution is -3.14. The first-order chi connectivity index (χ1) is 15.5. The number of carbonyl (C=O) groups is 1. The maximum atomic E-state index is 12.8. The van der Waals surface area contributed by atoms with Crippen LogP contribution in [0, 0.1) is 0 Å². The van der Waals surface area contributed by atoms with Crippen LogP contribution in [0.5, 0.6) is 0 Å². The predicted octanol–water partition coefficient (Wildman–Crippen LogP) is 1.72. The Morgan fingerprint density at radius 1 is 1.06 bits per heavy atom. The van der Waals surface area contributed by atoms with E-state index < -0.39 is 0 Å². The van der Waals surface area contributed by atoms with Gasteiger partial charge in [0.25, 0.3) is 5.91 Å². The van der Waals surface area contributed by atoms with E-state index in [-0.39, 0.29) is 5.91 Å². The van der Waals surface area contributed by atoms with Gasteiger partial charge in [-0.05, 0) is 42.7 Å². The molecule has 2 aromatic carbocycles. The van der Waals surface area contributed by atoms with Crippen molar-refractivity contribution in [3.63, 3.8) is 0 Å². The van der Waals surface area contributed by atoms with E-state index in [1.54, 1.807) is 4.90 Å². The molecule has 1 saturated carbocycles. The van der Waals surface area contributed by atoms with Gasteiger partial charge in [0, 0.05) is 29.8 Å². The summed E-state index contributed by atoms with van der Waals surface area (Å²) in [6, 6.07) is 17.9. The summed E-state index contributed by atoms with van der Waals surface area (Å²) >= 11 is 0. The molecule has 32 heavy (non-hydrogen) atoms. The molecule has 1 aliphatic carbocycles. The first-order valence-electron chi connectivity index (χ1n) is 12.4. The third-order valence-electron chi connectivity index (χ3n) is 7.11. The summed E-state index contributed by atoms with van der Waals surface area (Å²) in [6.07, 6.45) is 2.46. The topological polar surface area (TPSA) is 41.2 Å². The van der Waals surface area contributed by atoms with Crippen molar-refractivity contribution in [2.75, 3.05) is 49.5 Å². The second-order valence-corrected chi connectivity index (χ2v) is 9.87. The minimum atomic E-state index is 0.110. The lowest BCUT2D eigenvalue weighted by molar-refractivity contribution is -0.916. The Labute approximate surface area is 193 Å². The average molecular weight is 437 g/mol. The molecule has 2 aromatic rings. The van der Waals surface area contributed by atoms with Crippen molar-refractivity contribution in [3.8, 4) is 0 Å². The molecule has 1 aliphatic heterocycles. The summed E-state index contributed by atoms with van der Waals surface area (Å²) in [5.74, 6) is 0.661. The van der Waals surface area contributed by atoms with Crippen molar-refractivity contribution in [1.82, 2.24) is 0 Å². The first-order valence-corrected chi connectivity index (χ1v) is 12.4. The molecule has 1 saturated heterocycles. The molecule has 1 unspecified atom stereocenters. The Morgan fingerprint density at radius 3 is 2.28 bits per heavy atom. The van der Waals surface area contributed by atoms with E-state index in [1.807, 2.05) is 12.1 Å². The molecule has 5 nitrogen and oxygen atoms in total. The zero-order valence-electron chi connectivity index (χ0n) is 20.0. The Kier molecular flexibility index (Phi) is 7.48. The van der Waals surface area contributed by atoms with Gasteiger partial charge in [0.1, 0.15) is 6.54 Å². The number of rotatable bonds is 9. The van der Waals surface area contributed by atoms with Crippen LogP contribution in [0.2, 0.25) is 0 Å². The Balaban J connectivity index is 1.30. The molecular formula is C27H40N4O+2. The third kappa shape index (κ3) is 6.11. The van der Waals surface area contributed by atoms with Crippen molar-refractivity contribution < 1.29 is 14.6 Å². The Bertz CT molecular complexity index is 866. The fourth-order valence-electron chi connectivity index (χ4n) is 4.73. The fraction of sp³-hybridized carbons (Fsp3) is 0.519. The van der Waals surface area contributed by atoms with E-state index in [0.717, 1.165) is 25.3 Å². The van der Waals surface area contributed by atoms with Gasteiger partial charge in [-0.1, -0.05) is 38.1 Å². The number of nitrogens with one attached hydrogen (secondary N) is 3. The molecule has 0 radical (unpaired) electrons. The van der Waals surface area contributed by atoms with Crippen molar-refractivity contribution in [2.24, 2.45) is 0 Å². The number of piperazine rings is 1. The highest BCUT2D eigenvalue weighted by Crippen LogP contribution is 2.19. The lowest BCUT2D eigenvalue weighted by Gasteiger charge is -2.33. The summed E-state index contributed by atoms with van der Waals surface area (Å²) in [5.41, 5.74) is 4.84. The number of hydrogen-bond acceptors (Lipinski definition) is 2. The highest BCUT2D eigenvalue weighted by molar-refractivity contribution is 5.91. The normalized spacial score (nSPS) is 18.1. The van der Waals surface area contributed by atoms with E-state index in [2.05, 4.69) is 67.4 Å². The van der Waals surface area contributed by atoms with Gasteiger partial charge < -0.3 is 20.0 Å². The van der Waals surface area contributed by atoms with Gasteiger partial charge in [-0.15, -0.1) is 0 Å². The quantitative estimate of drug-likeness (QED) is 0.560. The standard InChI is InChI=1S/C27H38N4O/c1-4-29-15-17-30(18-16-29)25-11-9-24(10-12-25)28-27(32)20-31(26-13-14-26)19-22-5-7-23(8-6-22)21(2)3/h5-12,21,26H,4,13-20H2,1-3H3,(H,28,32)/p+2. The van der Waals surface area contributed by atoms with Crippen LogP contribution in [0.1, 0.15) is 50.7 Å². The van der Waals surface area contributed by atoms with Gasteiger partial charge in [-0.3, -0.25) is 4.79 Å². The predicted molar refractivity (Wildman–Crippen MR) is 132 cm³/mol. The van der Waals surface area contributed by atoms with E-state index >= 15 is 0 Å². The minimum Gasteiger partial charge on any atom is -0.360 e. The second kappa shape index (κ2) is 10.5. The number of quaternary nitrogens is 2. The summed E-state index contributed by atoms with van der Waals surface area (Å²) in [7, 11) is 0. The van der Waals surface area contributed by atoms with Crippen LogP contribution in [0.15, 0.2) is 48.5 Å². The van der Waals surface area contributed by atoms with E-state index in [4.69, 9.17) is 0 Å². The van der Waals surface area contributed by atoms with Gasteiger partial charge >= 0.3 is 0 Å². The van der Waals surface area contributed by atoms with Crippen LogP contribution >= 0.6 is 0 Å². The van der Waals surface area contributed by atoms with E-state index in [1.165, 1.54) is 54.2 Å². The zero-order valence-corrected chi connectivity index (χ0v) is 20.0. The van der Waals surface area contributed by atoms with E-state index in [9.17, 15) is 4.79 Å². The smallest absolute Gasteiger partial charge is 0.279 e. The molecule has 1 heterocycles. The number of likely N-dealkylation sites (N-methyl/N-ethyl adjacent to an activating group) is 1. The molecule has 0 bridgehead atoms. The fourth-order valence-corrected chi connectivity index (χ4v) is 4.73. The molecular weight excluding hydrogens is 396 g/mol. The number of amides is 1. The van der Waals surface area contributed by atoms with Crippen molar-refractivity contribution in [3.05, 3.63) is 59.7 Å². The first kappa shape index (κ1) is 22.8. The van der Waals surface area contributed by atoms with Gasteiger partial charge in [0.15, 0.2) is 6.54 Å². The van der Waals surface area contributed by atoms with E-state index in [0.29, 0.717) is 18.5 Å². The number of benzene rings is 2. The molecule has 5 heteroatoms.